The third-order valence-corrected chi connectivity index (χ3v) is 4.10. The number of carbonyl (C=O) groups excluding carboxylic acids is 1. The number of amides is 1. The van der Waals surface area contributed by atoms with Crippen LogP contribution in [0.5, 0.6) is 0 Å². The van der Waals surface area contributed by atoms with E-state index < -0.39 is 6.10 Å². The van der Waals surface area contributed by atoms with Crippen molar-refractivity contribution in [3.05, 3.63) is 35.6 Å². The highest BCUT2D eigenvalue weighted by molar-refractivity contribution is 5.99. The van der Waals surface area contributed by atoms with Gasteiger partial charge in [0, 0.05) is 10.9 Å². The minimum atomic E-state index is -0.447. The zero-order valence-electron chi connectivity index (χ0n) is 11.6. The van der Waals surface area contributed by atoms with E-state index in [9.17, 15) is 9.90 Å². The minimum absolute atomic E-state index is 0.163. The molecular formula is C16H19NO3. The van der Waals surface area contributed by atoms with Gasteiger partial charge in [-0.2, -0.15) is 0 Å². The molecule has 0 unspecified atom stereocenters. The van der Waals surface area contributed by atoms with Gasteiger partial charge in [-0.25, -0.2) is 0 Å². The van der Waals surface area contributed by atoms with Crippen LogP contribution in [-0.4, -0.2) is 23.2 Å². The molecule has 0 radical (unpaired) electrons. The summed E-state index contributed by atoms with van der Waals surface area (Å²) in [5.41, 5.74) is 1.57. The summed E-state index contributed by atoms with van der Waals surface area (Å²) in [5.74, 6) is 0.119. The highest BCUT2D eigenvalue weighted by Gasteiger charge is 2.27. The molecule has 3 rings (SSSR count). The van der Waals surface area contributed by atoms with Gasteiger partial charge in [-0.15, -0.1) is 0 Å². The van der Waals surface area contributed by atoms with Crippen LogP contribution in [-0.2, 0) is 0 Å². The SMILES string of the molecule is Cc1c(C(=O)N[C@@H]2CCCC[C@H]2O)oc2ccccc12. The molecule has 1 aromatic carbocycles. The zero-order valence-corrected chi connectivity index (χ0v) is 11.6. The average Bonchev–Trinajstić information content (AvgIpc) is 2.79. The zero-order chi connectivity index (χ0) is 14.1. The van der Waals surface area contributed by atoms with Crippen LogP contribution in [0.25, 0.3) is 11.0 Å². The number of aliphatic hydroxyl groups is 1. The van der Waals surface area contributed by atoms with E-state index >= 15 is 0 Å². The average molecular weight is 273 g/mol. The molecule has 1 heterocycles. The van der Waals surface area contributed by atoms with Gasteiger partial charge < -0.3 is 14.8 Å². The van der Waals surface area contributed by atoms with Crippen LogP contribution in [0.2, 0.25) is 0 Å². The number of hydrogen-bond donors (Lipinski definition) is 2. The number of aryl methyl sites for hydroxylation is 1. The van der Waals surface area contributed by atoms with Crippen molar-refractivity contribution in [1.82, 2.24) is 5.32 Å². The van der Waals surface area contributed by atoms with Crippen LogP contribution in [0.3, 0.4) is 0 Å². The summed E-state index contributed by atoms with van der Waals surface area (Å²) < 4.78 is 5.64. The molecule has 2 N–H and O–H groups in total. The third-order valence-electron chi connectivity index (χ3n) is 4.10. The molecule has 20 heavy (non-hydrogen) atoms. The first-order valence-corrected chi connectivity index (χ1v) is 7.14. The summed E-state index contributed by atoms with van der Waals surface area (Å²) in [6, 6.07) is 7.45. The van der Waals surface area contributed by atoms with Gasteiger partial charge in [-0.05, 0) is 25.8 Å². The summed E-state index contributed by atoms with van der Waals surface area (Å²) in [7, 11) is 0. The third kappa shape index (κ3) is 2.31. The Morgan fingerprint density at radius 3 is 2.80 bits per heavy atom. The molecule has 0 saturated heterocycles. The van der Waals surface area contributed by atoms with Crippen LogP contribution in [0, 0.1) is 6.92 Å². The molecule has 1 amide bonds. The van der Waals surface area contributed by atoms with E-state index in [0.717, 1.165) is 42.2 Å². The standard InChI is InChI=1S/C16H19NO3/c1-10-11-6-2-5-9-14(11)20-15(10)16(19)17-12-7-3-4-8-13(12)18/h2,5-6,9,12-13,18H,3-4,7-8H2,1H3,(H,17,19)/t12-,13-/m1/s1. The second-order valence-corrected chi connectivity index (χ2v) is 5.48. The van der Waals surface area contributed by atoms with Gasteiger partial charge in [-0.3, -0.25) is 4.79 Å². The molecule has 106 valence electrons. The maximum Gasteiger partial charge on any atom is 0.287 e. The van der Waals surface area contributed by atoms with Gasteiger partial charge in [0.1, 0.15) is 5.58 Å². The summed E-state index contributed by atoms with van der Waals surface area (Å²) in [6.07, 6.45) is 3.20. The monoisotopic (exact) mass is 273 g/mol. The number of carbonyl (C=O) groups is 1. The van der Waals surface area contributed by atoms with Crippen molar-refractivity contribution >= 4 is 16.9 Å². The molecule has 4 nitrogen and oxygen atoms in total. The number of aliphatic hydroxyl groups excluding tert-OH is 1. The van der Waals surface area contributed by atoms with Crippen LogP contribution in [0.15, 0.2) is 28.7 Å². The first-order valence-electron chi connectivity index (χ1n) is 7.14. The summed E-state index contributed by atoms with van der Waals surface area (Å²) in [5, 5.41) is 13.8. The topological polar surface area (TPSA) is 62.5 Å². The lowest BCUT2D eigenvalue weighted by Gasteiger charge is -2.28. The van der Waals surface area contributed by atoms with E-state index in [0.29, 0.717) is 5.76 Å². The lowest BCUT2D eigenvalue weighted by Crippen LogP contribution is -2.45. The number of rotatable bonds is 2. The molecule has 1 aliphatic carbocycles. The van der Waals surface area contributed by atoms with E-state index in [1.807, 2.05) is 31.2 Å². The molecule has 0 aliphatic heterocycles. The van der Waals surface area contributed by atoms with Crippen molar-refractivity contribution in [2.45, 2.75) is 44.8 Å². The molecule has 1 aromatic heterocycles. The molecule has 2 atom stereocenters. The minimum Gasteiger partial charge on any atom is -0.451 e. The van der Waals surface area contributed by atoms with Gasteiger partial charge in [0.2, 0.25) is 0 Å². The summed E-state index contributed by atoms with van der Waals surface area (Å²) in [4.78, 5) is 12.3. The van der Waals surface area contributed by atoms with Crippen LogP contribution in [0.4, 0.5) is 0 Å². The first kappa shape index (κ1) is 13.2. The predicted molar refractivity (Wildman–Crippen MR) is 76.7 cm³/mol. The Morgan fingerprint density at radius 1 is 1.30 bits per heavy atom. The first-order chi connectivity index (χ1) is 9.66. The van der Waals surface area contributed by atoms with Crippen LogP contribution in [0.1, 0.15) is 41.8 Å². The quantitative estimate of drug-likeness (QED) is 0.884. The smallest absolute Gasteiger partial charge is 0.287 e. The van der Waals surface area contributed by atoms with Crippen molar-refractivity contribution in [2.24, 2.45) is 0 Å². The van der Waals surface area contributed by atoms with Gasteiger partial charge in [0.05, 0.1) is 12.1 Å². The lowest BCUT2D eigenvalue weighted by molar-refractivity contribution is 0.0699. The molecule has 0 spiro atoms. The highest BCUT2D eigenvalue weighted by Crippen LogP contribution is 2.25. The largest absolute Gasteiger partial charge is 0.451 e. The van der Waals surface area contributed by atoms with Crippen molar-refractivity contribution < 1.29 is 14.3 Å². The van der Waals surface area contributed by atoms with Crippen molar-refractivity contribution in [1.29, 1.82) is 0 Å². The van der Waals surface area contributed by atoms with Gasteiger partial charge in [-0.1, -0.05) is 31.0 Å². The van der Waals surface area contributed by atoms with Crippen molar-refractivity contribution in [3.8, 4) is 0 Å². The van der Waals surface area contributed by atoms with E-state index in [1.165, 1.54) is 0 Å². The number of benzene rings is 1. The highest BCUT2D eigenvalue weighted by atomic mass is 16.3. The van der Waals surface area contributed by atoms with Crippen LogP contribution < -0.4 is 5.32 Å². The Hall–Kier alpha value is -1.81. The maximum absolute atomic E-state index is 12.3. The number of fused-ring (bicyclic) bond motifs is 1. The fourth-order valence-electron chi connectivity index (χ4n) is 2.90. The Kier molecular flexibility index (Phi) is 3.49. The fourth-order valence-corrected chi connectivity index (χ4v) is 2.90. The predicted octanol–water partition coefficient (Wildman–Crippen LogP) is 2.77. The number of nitrogens with one attached hydrogen (secondary N) is 1. The Morgan fingerprint density at radius 2 is 2.05 bits per heavy atom. The lowest BCUT2D eigenvalue weighted by atomic mass is 9.92. The molecule has 1 aliphatic rings. The second-order valence-electron chi connectivity index (χ2n) is 5.48. The fraction of sp³-hybridized carbons (Fsp3) is 0.438. The molecule has 0 bridgehead atoms. The van der Waals surface area contributed by atoms with Crippen molar-refractivity contribution in [2.75, 3.05) is 0 Å². The van der Waals surface area contributed by atoms with Gasteiger partial charge in [0.15, 0.2) is 5.76 Å². The number of para-hydroxylation sites is 1. The van der Waals surface area contributed by atoms with E-state index in [2.05, 4.69) is 5.32 Å². The van der Waals surface area contributed by atoms with Gasteiger partial charge in [0.25, 0.3) is 5.91 Å². The van der Waals surface area contributed by atoms with Crippen LogP contribution >= 0.6 is 0 Å². The molecule has 1 saturated carbocycles. The van der Waals surface area contributed by atoms with E-state index in [4.69, 9.17) is 4.42 Å². The molecule has 4 heteroatoms. The molecular weight excluding hydrogens is 254 g/mol. The number of hydrogen-bond acceptors (Lipinski definition) is 3. The van der Waals surface area contributed by atoms with E-state index in [1.54, 1.807) is 0 Å². The van der Waals surface area contributed by atoms with E-state index in [-0.39, 0.29) is 11.9 Å². The molecule has 2 aromatic rings. The Bertz CT molecular complexity index is 632. The summed E-state index contributed by atoms with van der Waals surface area (Å²) >= 11 is 0. The molecule has 1 fully saturated rings. The number of furan rings is 1. The normalized spacial score (nSPS) is 22.9. The summed E-state index contributed by atoms with van der Waals surface area (Å²) in [6.45, 7) is 1.89. The Balaban J connectivity index is 1.83. The maximum atomic E-state index is 12.3. The van der Waals surface area contributed by atoms with Gasteiger partial charge >= 0.3 is 0 Å². The second kappa shape index (κ2) is 5.29. The van der Waals surface area contributed by atoms with Crippen molar-refractivity contribution in [3.63, 3.8) is 0 Å². The Labute approximate surface area is 117 Å².